The van der Waals surface area contributed by atoms with E-state index in [0.717, 1.165) is 25.2 Å². The molecule has 2 aromatic heterocycles. The Balaban J connectivity index is 1.06. The van der Waals surface area contributed by atoms with Gasteiger partial charge in [0.25, 0.3) is 0 Å². The van der Waals surface area contributed by atoms with Crippen LogP contribution >= 0.6 is 0 Å². The second-order valence-electron chi connectivity index (χ2n) is 13.5. The summed E-state index contributed by atoms with van der Waals surface area (Å²) in [5, 5.41) is 5.94. The fraction of sp³-hybridized carbons (Fsp3) is 0.613. The molecular weight excluding hydrogens is 548 g/mol. The number of carbonyl (C=O) groups is 1. The number of ether oxygens (including phenoxy) is 3. The molecule has 0 radical (unpaired) electrons. The van der Waals surface area contributed by atoms with Crippen LogP contribution in [0.3, 0.4) is 0 Å². The third-order valence-corrected chi connectivity index (χ3v) is 8.38. The smallest absolute Gasteiger partial charge is 0.319 e. The van der Waals surface area contributed by atoms with Crippen molar-refractivity contribution in [1.82, 2.24) is 29.7 Å². The van der Waals surface area contributed by atoms with Crippen LogP contribution in [-0.4, -0.2) is 80.7 Å². The summed E-state index contributed by atoms with van der Waals surface area (Å²) in [4.78, 5) is 27.9. The fourth-order valence-electron chi connectivity index (χ4n) is 6.00. The number of hydrogen-bond acceptors (Lipinski definition) is 9. The molecule has 4 unspecified atom stereocenters. The maximum Gasteiger partial charge on any atom is 0.319 e. The molecule has 0 bridgehead atoms. The molecule has 2 amide bonds. The first-order valence-electron chi connectivity index (χ1n) is 15.3. The first kappa shape index (κ1) is 29.7. The maximum atomic E-state index is 12.5. The Morgan fingerprint density at radius 1 is 1.09 bits per heavy atom. The van der Waals surface area contributed by atoms with Gasteiger partial charge < -0.3 is 35.5 Å². The SMILES string of the molecule is CC1(C)OC2C(CN(CCCNC(=O)Nc3ccc(C(C)(C)C)cc3)CC3CC3)OC(n3cnc4c(N)ncnc43)C2O1. The van der Waals surface area contributed by atoms with Crippen molar-refractivity contribution in [3.8, 4) is 0 Å². The molecule has 232 valence electrons. The van der Waals surface area contributed by atoms with Crippen molar-refractivity contribution in [2.45, 2.75) is 89.6 Å². The number of rotatable bonds is 10. The van der Waals surface area contributed by atoms with E-state index in [0.29, 0.717) is 36.0 Å². The highest BCUT2D eigenvalue weighted by Gasteiger charge is 2.56. The number of nitrogens with two attached hydrogens (primary N) is 1. The molecule has 12 nitrogen and oxygen atoms in total. The Morgan fingerprint density at radius 2 is 1.84 bits per heavy atom. The summed E-state index contributed by atoms with van der Waals surface area (Å²) in [7, 11) is 0. The van der Waals surface area contributed by atoms with Crippen LogP contribution in [0.5, 0.6) is 0 Å². The van der Waals surface area contributed by atoms with E-state index in [1.807, 2.05) is 30.5 Å². The molecule has 12 heteroatoms. The van der Waals surface area contributed by atoms with E-state index in [-0.39, 0.29) is 29.8 Å². The Kier molecular flexibility index (Phi) is 8.05. The van der Waals surface area contributed by atoms with Crippen LogP contribution in [0, 0.1) is 5.92 Å². The van der Waals surface area contributed by atoms with Gasteiger partial charge >= 0.3 is 6.03 Å². The number of aromatic nitrogens is 4. The van der Waals surface area contributed by atoms with Gasteiger partial charge in [-0.1, -0.05) is 32.9 Å². The zero-order valence-corrected chi connectivity index (χ0v) is 25.7. The molecule has 2 aliphatic heterocycles. The van der Waals surface area contributed by atoms with Crippen LogP contribution in [0.1, 0.15) is 65.7 Å². The zero-order valence-electron chi connectivity index (χ0n) is 25.7. The van der Waals surface area contributed by atoms with E-state index in [1.54, 1.807) is 6.33 Å². The normalized spacial score (nSPS) is 24.9. The van der Waals surface area contributed by atoms with Crippen molar-refractivity contribution in [1.29, 1.82) is 0 Å². The minimum Gasteiger partial charge on any atom is -0.382 e. The quantitative estimate of drug-likeness (QED) is 0.297. The lowest BCUT2D eigenvalue weighted by Gasteiger charge is -2.29. The molecule has 1 aliphatic carbocycles. The first-order valence-corrected chi connectivity index (χ1v) is 15.3. The van der Waals surface area contributed by atoms with Gasteiger partial charge in [-0.2, -0.15) is 0 Å². The van der Waals surface area contributed by atoms with Gasteiger partial charge in [0, 0.05) is 25.3 Å². The number of fused-ring (bicyclic) bond motifs is 2. The average Bonchev–Trinajstić information content (AvgIpc) is 3.43. The van der Waals surface area contributed by atoms with Gasteiger partial charge in [-0.3, -0.25) is 4.57 Å². The minimum atomic E-state index is -0.730. The molecule has 3 fully saturated rings. The van der Waals surface area contributed by atoms with Crippen LogP contribution in [0.2, 0.25) is 0 Å². The summed E-state index contributed by atoms with van der Waals surface area (Å²) in [6, 6.07) is 7.82. The molecule has 4 N–H and O–H groups in total. The number of urea groups is 1. The molecular formula is C31H44N8O4. The first-order chi connectivity index (χ1) is 20.5. The molecule has 6 rings (SSSR count). The summed E-state index contributed by atoms with van der Waals surface area (Å²) in [6.45, 7) is 13.5. The van der Waals surface area contributed by atoms with Crippen molar-refractivity contribution >= 4 is 28.7 Å². The molecule has 0 spiro atoms. The van der Waals surface area contributed by atoms with Gasteiger partial charge in [-0.25, -0.2) is 19.7 Å². The van der Waals surface area contributed by atoms with E-state index >= 15 is 0 Å². The van der Waals surface area contributed by atoms with E-state index < -0.39 is 12.0 Å². The molecule has 43 heavy (non-hydrogen) atoms. The number of nitrogens with zero attached hydrogens (tertiary/aromatic N) is 5. The zero-order chi connectivity index (χ0) is 30.4. The molecule has 2 saturated heterocycles. The Hall–Kier alpha value is -3.32. The molecule has 3 aromatic rings. The molecule has 1 saturated carbocycles. The highest BCUT2D eigenvalue weighted by atomic mass is 16.8. The van der Waals surface area contributed by atoms with Gasteiger partial charge in [0.1, 0.15) is 30.2 Å². The van der Waals surface area contributed by atoms with Crippen LogP contribution in [-0.2, 0) is 19.6 Å². The van der Waals surface area contributed by atoms with E-state index in [4.69, 9.17) is 19.9 Å². The van der Waals surface area contributed by atoms with Crippen molar-refractivity contribution < 1.29 is 19.0 Å². The predicted octanol–water partition coefficient (Wildman–Crippen LogP) is 4.05. The van der Waals surface area contributed by atoms with E-state index in [1.165, 1.54) is 24.7 Å². The molecule has 1 aromatic carbocycles. The highest BCUT2D eigenvalue weighted by molar-refractivity contribution is 5.89. The summed E-state index contributed by atoms with van der Waals surface area (Å²) in [5.41, 5.74) is 9.27. The lowest BCUT2D eigenvalue weighted by atomic mass is 9.87. The predicted molar refractivity (Wildman–Crippen MR) is 163 cm³/mol. The van der Waals surface area contributed by atoms with E-state index in [2.05, 4.69) is 63.4 Å². The molecule has 4 heterocycles. The average molecular weight is 593 g/mol. The van der Waals surface area contributed by atoms with Crippen molar-refractivity contribution in [2.75, 3.05) is 37.2 Å². The summed E-state index contributed by atoms with van der Waals surface area (Å²) < 4.78 is 21.2. The third-order valence-electron chi connectivity index (χ3n) is 8.38. The molecule has 3 aliphatic rings. The van der Waals surface area contributed by atoms with Crippen LogP contribution < -0.4 is 16.4 Å². The van der Waals surface area contributed by atoms with Crippen molar-refractivity contribution in [3.63, 3.8) is 0 Å². The summed E-state index contributed by atoms with van der Waals surface area (Å²) in [5.74, 6) is 0.302. The number of carbonyl (C=O) groups excluding carboxylic acids is 1. The lowest BCUT2D eigenvalue weighted by molar-refractivity contribution is -0.198. The minimum absolute atomic E-state index is 0.0724. The summed E-state index contributed by atoms with van der Waals surface area (Å²) >= 11 is 0. The standard InChI is InChI=1S/C31H44N8O4/c1-30(2,3)20-9-11-21(12-10-20)37-29(40)33-13-6-14-38(15-19-7-8-19)16-22-24-25(43-31(4,5)42-24)28(41-22)39-18-36-23-26(32)34-17-35-27(23)39/h9-12,17-19,22,24-25,28H,6-8,13-16H2,1-5H3,(H2,32,34,35)(H2,33,37,40). The van der Waals surface area contributed by atoms with Gasteiger partial charge in [0.15, 0.2) is 23.5 Å². The topological polar surface area (TPSA) is 142 Å². The lowest BCUT2D eigenvalue weighted by Crippen LogP contribution is -2.42. The van der Waals surface area contributed by atoms with Gasteiger partial charge in [-0.05, 0) is 68.7 Å². The molecule has 4 atom stereocenters. The van der Waals surface area contributed by atoms with E-state index in [9.17, 15) is 4.79 Å². The second kappa shape index (κ2) is 11.6. The maximum absolute atomic E-state index is 12.5. The number of imidazole rings is 1. The number of anilines is 2. The van der Waals surface area contributed by atoms with Gasteiger partial charge in [0.05, 0.1) is 6.33 Å². The largest absolute Gasteiger partial charge is 0.382 e. The second-order valence-corrected chi connectivity index (χ2v) is 13.5. The van der Waals surface area contributed by atoms with Crippen LogP contribution in [0.15, 0.2) is 36.9 Å². The van der Waals surface area contributed by atoms with Crippen molar-refractivity contribution in [3.05, 3.63) is 42.5 Å². The summed E-state index contributed by atoms with van der Waals surface area (Å²) in [6.07, 6.45) is 5.21. The Labute approximate surface area is 252 Å². The highest BCUT2D eigenvalue weighted by Crippen LogP contribution is 2.44. The number of amides is 2. The van der Waals surface area contributed by atoms with Gasteiger partial charge in [0.2, 0.25) is 0 Å². The van der Waals surface area contributed by atoms with Crippen LogP contribution in [0.4, 0.5) is 16.3 Å². The third kappa shape index (κ3) is 6.77. The Bertz CT molecular complexity index is 1430. The van der Waals surface area contributed by atoms with Gasteiger partial charge in [-0.15, -0.1) is 0 Å². The number of nitrogen functional groups attached to an aromatic ring is 1. The number of benzene rings is 1. The number of nitrogens with one attached hydrogen (secondary N) is 2. The fourth-order valence-corrected chi connectivity index (χ4v) is 6.00. The van der Waals surface area contributed by atoms with Crippen molar-refractivity contribution in [2.24, 2.45) is 5.92 Å². The van der Waals surface area contributed by atoms with Crippen LogP contribution in [0.25, 0.3) is 11.2 Å². The Morgan fingerprint density at radius 3 is 2.56 bits per heavy atom. The number of hydrogen-bond donors (Lipinski definition) is 3. The monoisotopic (exact) mass is 592 g/mol.